The molecular formula is C17H12Cl2N6S. The highest BCUT2D eigenvalue weighted by Gasteiger charge is 2.16. The van der Waals surface area contributed by atoms with Crippen molar-refractivity contribution in [1.82, 2.24) is 25.2 Å². The van der Waals surface area contributed by atoms with Gasteiger partial charge in [0.25, 0.3) is 0 Å². The molecule has 0 unspecified atom stereocenters. The van der Waals surface area contributed by atoms with E-state index in [1.54, 1.807) is 4.68 Å². The predicted octanol–water partition coefficient (Wildman–Crippen LogP) is 5.14. The molecule has 0 saturated carbocycles. The smallest absolute Gasteiger partial charge is 0.210 e. The van der Waals surface area contributed by atoms with Crippen molar-refractivity contribution in [2.45, 2.75) is 6.92 Å². The monoisotopic (exact) mass is 402 g/mol. The number of hydrogen-bond donors (Lipinski definition) is 1. The van der Waals surface area contributed by atoms with Gasteiger partial charge >= 0.3 is 0 Å². The lowest BCUT2D eigenvalue weighted by atomic mass is 10.3. The van der Waals surface area contributed by atoms with Crippen molar-refractivity contribution in [3.8, 4) is 16.4 Å². The molecule has 0 atom stereocenters. The van der Waals surface area contributed by atoms with Gasteiger partial charge < -0.3 is 5.32 Å². The molecule has 2 heterocycles. The molecule has 2 aromatic carbocycles. The number of nitrogens with zero attached hydrogens (tertiary/aromatic N) is 5. The van der Waals surface area contributed by atoms with Crippen LogP contribution in [0.25, 0.3) is 16.4 Å². The summed E-state index contributed by atoms with van der Waals surface area (Å²) >= 11 is 13.2. The van der Waals surface area contributed by atoms with Gasteiger partial charge in [-0.1, -0.05) is 39.8 Å². The molecule has 2 aromatic heterocycles. The third-order valence-electron chi connectivity index (χ3n) is 3.69. The van der Waals surface area contributed by atoms with Crippen LogP contribution in [0.2, 0.25) is 10.0 Å². The second kappa shape index (κ2) is 7.03. The van der Waals surface area contributed by atoms with Crippen molar-refractivity contribution >= 4 is 45.4 Å². The van der Waals surface area contributed by atoms with E-state index in [1.165, 1.54) is 11.3 Å². The second-order valence-electron chi connectivity index (χ2n) is 5.46. The van der Waals surface area contributed by atoms with Crippen molar-refractivity contribution in [3.63, 3.8) is 0 Å². The summed E-state index contributed by atoms with van der Waals surface area (Å²) < 4.78 is 1.75. The van der Waals surface area contributed by atoms with Crippen molar-refractivity contribution in [3.05, 3.63) is 64.3 Å². The Hall–Kier alpha value is -2.48. The van der Waals surface area contributed by atoms with Crippen LogP contribution in [0.4, 0.5) is 10.8 Å². The average molecular weight is 403 g/mol. The summed E-state index contributed by atoms with van der Waals surface area (Å²) in [6.45, 7) is 1.94. The summed E-state index contributed by atoms with van der Waals surface area (Å²) in [4.78, 5) is 0. The van der Waals surface area contributed by atoms with Crippen LogP contribution in [0.3, 0.4) is 0 Å². The molecule has 0 aliphatic rings. The molecule has 0 bridgehead atoms. The topological polar surface area (TPSA) is 68.5 Å². The van der Waals surface area contributed by atoms with Crippen LogP contribution in [0.1, 0.15) is 5.69 Å². The highest BCUT2D eigenvalue weighted by molar-refractivity contribution is 7.18. The number of rotatable bonds is 4. The molecule has 26 heavy (non-hydrogen) atoms. The lowest BCUT2D eigenvalue weighted by Gasteiger charge is -2.02. The first-order valence-electron chi connectivity index (χ1n) is 7.65. The third kappa shape index (κ3) is 3.41. The zero-order valence-electron chi connectivity index (χ0n) is 13.5. The molecule has 4 rings (SSSR count). The molecule has 1 N–H and O–H groups in total. The molecule has 0 fully saturated rings. The maximum Gasteiger partial charge on any atom is 0.210 e. The molecule has 6 nitrogen and oxygen atoms in total. The van der Waals surface area contributed by atoms with E-state index in [0.717, 1.165) is 17.1 Å². The minimum atomic E-state index is 0.669. The van der Waals surface area contributed by atoms with E-state index in [2.05, 4.69) is 25.8 Å². The first-order valence-corrected chi connectivity index (χ1v) is 9.22. The van der Waals surface area contributed by atoms with Crippen LogP contribution in [-0.2, 0) is 0 Å². The van der Waals surface area contributed by atoms with Crippen LogP contribution >= 0.6 is 34.5 Å². The molecule has 0 radical (unpaired) electrons. The van der Waals surface area contributed by atoms with E-state index in [9.17, 15) is 0 Å². The number of aromatic nitrogens is 5. The predicted molar refractivity (Wildman–Crippen MR) is 105 cm³/mol. The summed E-state index contributed by atoms with van der Waals surface area (Å²) in [5, 5.41) is 22.8. The van der Waals surface area contributed by atoms with Gasteiger partial charge in [0.1, 0.15) is 5.69 Å². The zero-order chi connectivity index (χ0) is 18.1. The van der Waals surface area contributed by atoms with E-state index in [-0.39, 0.29) is 0 Å². The first-order chi connectivity index (χ1) is 12.6. The highest BCUT2D eigenvalue weighted by Crippen LogP contribution is 2.30. The molecule has 0 aliphatic heterocycles. The average Bonchev–Trinajstić information content (AvgIpc) is 3.24. The van der Waals surface area contributed by atoms with Crippen molar-refractivity contribution < 1.29 is 0 Å². The summed E-state index contributed by atoms with van der Waals surface area (Å²) in [6, 6.07) is 14.8. The molecule has 0 amide bonds. The lowest BCUT2D eigenvalue weighted by molar-refractivity contribution is 0.785. The molecule has 0 spiro atoms. The van der Waals surface area contributed by atoms with Gasteiger partial charge in [0.2, 0.25) is 5.13 Å². The fourth-order valence-electron chi connectivity index (χ4n) is 2.38. The largest absolute Gasteiger partial charge is 0.330 e. The molecule has 130 valence electrons. The fraction of sp³-hybridized carbons (Fsp3) is 0.0588. The number of benzene rings is 2. The minimum Gasteiger partial charge on any atom is -0.330 e. The summed E-state index contributed by atoms with van der Waals surface area (Å²) in [6.07, 6.45) is 0. The van der Waals surface area contributed by atoms with E-state index < -0.39 is 0 Å². The maximum absolute atomic E-state index is 5.94. The summed E-state index contributed by atoms with van der Waals surface area (Å²) in [7, 11) is 0. The van der Waals surface area contributed by atoms with Gasteiger partial charge in [-0.25, -0.2) is 4.68 Å². The Morgan fingerprint density at radius 1 is 0.885 bits per heavy atom. The Morgan fingerprint density at radius 2 is 1.54 bits per heavy atom. The van der Waals surface area contributed by atoms with Gasteiger partial charge in [-0.15, -0.1) is 15.3 Å². The zero-order valence-corrected chi connectivity index (χ0v) is 15.8. The Morgan fingerprint density at radius 3 is 2.23 bits per heavy atom. The van der Waals surface area contributed by atoms with E-state index >= 15 is 0 Å². The minimum absolute atomic E-state index is 0.669. The van der Waals surface area contributed by atoms with Crippen LogP contribution in [0.5, 0.6) is 0 Å². The number of nitrogens with one attached hydrogen (secondary N) is 1. The van der Waals surface area contributed by atoms with Crippen LogP contribution in [0.15, 0.2) is 48.5 Å². The molecule has 9 heteroatoms. The number of halogens is 2. The van der Waals surface area contributed by atoms with Crippen molar-refractivity contribution in [1.29, 1.82) is 0 Å². The fourth-order valence-corrected chi connectivity index (χ4v) is 3.43. The Bertz CT molecular complexity index is 1040. The Balaban J connectivity index is 1.60. The third-order valence-corrected chi connectivity index (χ3v) is 5.04. The molecular weight excluding hydrogens is 391 g/mol. The van der Waals surface area contributed by atoms with Gasteiger partial charge in [-0.3, -0.25) is 0 Å². The van der Waals surface area contributed by atoms with Gasteiger partial charge in [-0.2, -0.15) is 0 Å². The molecule has 4 aromatic rings. The van der Waals surface area contributed by atoms with Crippen LogP contribution < -0.4 is 5.32 Å². The van der Waals surface area contributed by atoms with Crippen molar-refractivity contribution in [2.75, 3.05) is 5.32 Å². The molecule has 0 aliphatic carbocycles. The van der Waals surface area contributed by atoms with Gasteiger partial charge in [-0.05, 0) is 55.5 Å². The Kier molecular flexibility index (Phi) is 4.58. The van der Waals surface area contributed by atoms with E-state index in [4.69, 9.17) is 23.2 Å². The van der Waals surface area contributed by atoms with Gasteiger partial charge in [0.15, 0.2) is 5.01 Å². The van der Waals surface area contributed by atoms with E-state index in [0.29, 0.717) is 25.9 Å². The maximum atomic E-state index is 5.94. The SMILES string of the molecule is Cc1c(-c2nnc(Nc3ccc(Cl)cc3)s2)nnn1-c1ccc(Cl)cc1. The first kappa shape index (κ1) is 17.0. The number of hydrogen-bond acceptors (Lipinski definition) is 6. The lowest BCUT2D eigenvalue weighted by Crippen LogP contribution is -1.98. The normalized spacial score (nSPS) is 10.9. The van der Waals surface area contributed by atoms with Crippen molar-refractivity contribution in [2.24, 2.45) is 0 Å². The standard InChI is InChI=1S/C17H12Cl2N6S/c1-10-15(21-24-25(10)14-8-4-12(19)5-9-14)16-22-23-17(26-16)20-13-6-2-11(18)3-7-13/h2-9H,1H3,(H,20,23). The summed E-state index contributed by atoms with van der Waals surface area (Å²) in [5.41, 5.74) is 3.34. The summed E-state index contributed by atoms with van der Waals surface area (Å²) in [5.74, 6) is 0. The van der Waals surface area contributed by atoms with Gasteiger partial charge in [0, 0.05) is 15.7 Å². The second-order valence-corrected chi connectivity index (χ2v) is 7.31. The number of anilines is 2. The van der Waals surface area contributed by atoms with Gasteiger partial charge in [0.05, 0.1) is 11.4 Å². The Labute approximate surface area is 163 Å². The quantitative estimate of drug-likeness (QED) is 0.511. The van der Waals surface area contributed by atoms with Crippen LogP contribution in [-0.4, -0.2) is 25.2 Å². The highest BCUT2D eigenvalue weighted by atomic mass is 35.5. The van der Waals surface area contributed by atoms with Crippen LogP contribution in [0, 0.1) is 6.92 Å². The molecule has 0 saturated heterocycles. The van der Waals surface area contributed by atoms with E-state index in [1.807, 2.05) is 55.5 Å².